The van der Waals surface area contributed by atoms with Gasteiger partial charge >= 0.3 is 0 Å². The van der Waals surface area contributed by atoms with Gasteiger partial charge in [0.15, 0.2) is 12.5 Å². The lowest BCUT2D eigenvalue weighted by Crippen LogP contribution is -2.66. The summed E-state index contributed by atoms with van der Waals surface area (Å²) in [5.41, 5.74) is 0. The third-order valence-electron chi connectivity index (χ3n) is 4.75. The second kappa shape index (κ2) is 6.90. The van der Waals surface area contributed by atoms with Crippen LogP contribution in [0.3, 0.4) is 0 Å². The van der Waals surface area contributed by atoms with Gasteiger partial charge in [0.2, 0.25) is 0 Å². The molecule has 3 rings (SSSR count). The van der Waals surface area contributed by atoms with Gasteiger partial charge in [-0.1, -0.05) is 0 Å². The van der Waals surface area contributed by atoms with Crippen LogP contribution in [-0.4, -0.2) is 126 Å². The van der Waals surface area contributed by atoms with E-state index in [9.17, 15) is 40.9 Å². The first-order valence-electron chi connectivity index (χ1n) is 7.79. The van der Waals surface area contributed by atoms with Gasteiger partial charge in [0.1, 0.15) is 49.3 Å². The monoisotopic (exact) mass is 366 g/mol. The topological polar surface area (TPSA) is 196 Å². The van der Waals surface area contributed by atoms with Gasteiger partial charge in [-0.05, 0) is 0 Å². The molecule has 3 aliphatic heterocycles. The molecule has 0 amide bonds. The van der Waals surface area contributed by atoms with Crippen molar-refractivity contribution in [3.63, 3.8) is 0 Å². The lowest BCUT2D eigenvalue weighted by atomic mass is 9.94. The van der Waals surface area contributed by atoms with E-state index in [0.717, 1.165) is 4.90 Å². The van der Waals surface area contributed by atoms with Crippen LogP contribution < -0.4 is 0 Å². The first-order valence-corrected chi connectivity index (χ1v) is 7.79. The van der Waals surface area contributed by atoms with Gasteiger partial charge < -0.3 is 50.3 Å². The number of aliphatic hydroxyl groups excluding tert-OH is 8. The van der Waals surface area contributed by atoms with Crippen molar-refractivity contribution in [3.8, 4) is 0 Å². The molecular formula is C13H22N2O10. The van der Waals surface area contributed by atoms with Gasteiger partial charge in [0, 0.05) is 0 Å². The van der Waals surface area contributed by atoms with Crippen LogP contribution in [0.1, 0.15) is 0 Å². The molecule has 0 aromatic rings. The molecule has 0 spiro atoms. The number of fused-ring (bicyclic) bond motifs is 1. The van der Waals surface area contributed by atoms with Crippen LogP contribution in [0.5, 0.6) is 0 Å². The lowest BCUT2D eigenvalue weighted by Gasteiger charge is -2.43. The number of nitrogens with zero attached hydrogens (tertiary/aromatic N) is 2. The molecule has 0 aromatic heterocycles. The highest BCUT2D eigenvalue weighted by atomic mass is 16.6. The summed E-state index contributed by atoms with van der Waals surface area (Å²) in [7, 11) is 0. The van der Waals surface area contributed by atoms with Crippen LogP contribution >= 0.6 is 0 Å². The molecule has 144 valence electrons. The quantitative estimate of drug-likeness (QED) is 0.232. The predicted molar refractivity (Wildman–Crippen MR) is 76.8 cm³/mol. The standard InChI is InChI=1S/C13H22N2O10/c16-1-4-6(18)8(20)9(21)11(25-4)14-13-15-3(2-24-13)5(17)7(19)10(22)12(15)23/h3-12,16-23H,1-2H2/b14-13-/t3?,4-,5-,6-,7+,8+,9-,10-,11-,12-/m1/s1. The first kappa shape index (κ1) is 18.7. The van der Waals surface area contributed by atoms with Gasteiger partial charge in [-0.15, -0.1) is 0 Å². The largest absolute Gasteiger partial charge is 0.463 e. The summed E-state index contributed by atoms with van der Waals surface area (Å²) in [5.74, 6) is 0. The number of ether oxygens (including phenoxy) is 2. The molecule has 12 heteroatoms. The minimum atomic E-state index is -1.69. The molecule has 0 aliphatic carbocycles. The van der Waals surface area contributed by atoms with Crippen LogP contribution in [0, 0.1) is 0 Å². The van der Waals surface area contributed by atoms with E-state index >= 15 is 0 Å². The summed E-state index contributed by atoms with van der Waals surface area (Å²) in [6.07, 6.45) is -13.7. The highest BCUT2D eigenvalue weighted by Gasteiger charge is 2.53. The Morgan fingerprint density at radius 2 is 1.52 bits per heavy atom. The molecule has 8 N–H and O–H groups in total. The average molecular weight is 366 g/mol. The molecule has 0 bridgehead atoms. The normalized spacial score (nSPS) is 52.2. The Bertz CT molecular complexity index is 519. The highest BCUT2D eigenvalue weighted by Crippen LogP contribution is 2.30. The van der Waals surface area contributed by atoms with Crippen molar-refractivity contribution < 1.29 is 50.3 Å². The summed E-state index contributed by atoms with van der Waals surface area (Å²) in [6.45, 7) is -0.788. The maximum atomic E-state index is 10.1. The Labute approximate surface area is 141 Å². The fourth-order valence-corrected chi connectivity index (χ4v) is 3.20. The number of hydrogen-bond acceptors (Lipinski definition) is 11. The van der Waals surface area contributed by atoms with E-state index in [1.807, 2.05) is 0 Å². The van der Waals surface area contributed by atoms with Crippen molar-refractivity contribution in [1.29, 1.82) is 0 Å². The van der Waals surface area contributed by atoms with Crippen LogP contribution in [0.15, 0.2) is 4.99 Å². The molecule has 0 radical (unpaired) electrons. The number of amidine groups is 1. The number of aliphatic imine (C=N–C) groups is 1. The molecule has 3 aliphatic rings. The molecule has 1 unspecified atom stereocenters. The smallest absolute Gasteiger partial charge is 0.292 e. The Balaban J connectivity index is 1.84. The fraction of sp³-hybridized carbons (Fsp3) is 0.923. The molecule has 12 nitrogen and oxygen atoms in total. The van der Waals surface area contributed by atoms with Gasteiger partial charge in [0.05, 0.1) is 12.6 Å². The van der Waals surface area contributed by atoms with Crippen molar-refractivity contribution in [2.24, 2.45) is 4.99 Å². The second-order valence-corrected chi connectivity index (χ2v) is 6.30. The Kier molecular flexibility index (Phi) is 5.16. The van der Waals surface area contributed by atoms with E-state index in [-0.39, 0.29) is 12.6 Å². The summed E-state index contributed by atoms with van der Waals surface area (Å²) >= 11 is 0. The fourth-order valence-electron chi connectivity index (χ4n) is 3.20. The van der Waals surface area contributed by atoms with Gasteiger partial charge in [-0.3, -0.25) is 4.90 Å². The summed E-state index contributed by atoms with van der Waals surface area (Å²) in [5, 5.41) is 78.3. The lowest BCUT2D eigenvalue weighted by molar-refractivity contribution is -0.227. The Morgan fingerprint density at radius 1 is 0.880 bits per heavy atom. The van der Waals surface area contributed by atoms with Crippen molar-refractivity contribution in [2.75, 3.05) is 13.2 Å². The molecule has 25 heavy (non-hydrogen) atoms. The van der Waals surface area contributed by atoms with E-state index in [4.69, 9.17) is 9.47 Å². The molecule has 0 aromatic carbocycles. The number of aliphatic hydroxyl groups is 8. The molecule has 3 heterocycles. The van der Waals surface area contributed by atoms with Crippen LogP contribution in [0.2, 0.25) is 0 Å². The van der Waals surface area contributed by atoms with Crippen LogP contribution in [0.4, 0.5) is 0 Å². The van der Waals surface area contributed by atoms with E-state index in [1.165, 1.54) is 0 Å². The SMILES string of the molecule is OC[C@H]1O[C@@H](/N=C2\OCC3[C@@H](O)[C@H](O)[C@@H](O)[C@@H](O)N23)[C@H](O)[C@@H](O)[C@@H]1O. The molecule has 10 atom stereocenters. The van der Waals surface area contributed by atoms with Gasteiger partial charge in [-0.25, -0.2) is 4.99 Å². The number of piperidine rings is 1. The zero-order chi connectivity index (χ0) is 18.5. The number of rotatable bonds is 2. The molecule has 3 fully saturated rings. The van der Waals surface area contributed by atoms with Gasteiger partial charge in [-0.2, -0.15) is 0 Å². The van der Waals surface area contributed by atoms with Crippen LogP contribution in [0.25, 0.3) is 0 Å². The van der Waals surface area contributed by atoms with Crippen molar-refractivity contribution >= 4 is 6.02 Å². The highest BCUT2D eigenvalue weighted by molar-refractivity contribution is 5.77. The van der Waals surface area contributed by atoms with E-state index in [1.54, 1.807) is 0 Å². The second-order valence-electron chi connectivity index (χ2n) is 6.30. The minimum Gasteiger partial charge on any atom is -0.463 e. The van der Waals surface area contributed by atoms with Crippen molar-refractivity contribution in [3.05, 3.63) is 0 Å². The average Bonchev–Trinajstić information content (AvgIpc) is 3.02. The Hall–Kier alpha value is -1.09. The third-order valence-corrected chi connectivity index (χ3v) is 4.75. The summed E-state index contributed by atoms with van der Waals surface area (Å²) < 4.78 is 10.5. The van der Waals surface area contributed by atoms with E-state index < -0.39 is 67.8 Å². The first-order chi connectivity index (χ1) is 11.8. The van der Waals surface area contributed by atoms with E-state index in [0.29, 0.717) is 0 Å². The Morgan fingerprint density at radius 3 is 2.16 bits per heavy atom. The van der Waals surface area contributed by atoms with E-state index in [2.05, 4.69) is 4.99 Å². The van der Waals surface area contributed by atoms with Gasteiger partial charge in [0.25, 0.3) is 6.02 Å². The number of hydrogen-bond donors (Lipinski definition) is 8. The molecule has 3 saturated heterocycles. The molecule has 0 saturated carbocycles. The zero-order valence-electron chi connectivity index (χ0n) is 13.0. The van der Waals surface area contributed by atoms with Crippen LogP contribution in [-0.2, 0) is 9.47 Å². The maximum absolute atomic E-state index is 10.1. The maximum Gasteiger partial charge on any atom is 0.292 e. The third kappa shape index (κ3) is 2.99. The zero-order valence-corrected chi connectivity index (χ0v) is 13.0. The predicted octanol–water partition coefficient (Wildman–Crippen LogP) is -5.74. The van der Waals surface area contributed by atoms with Crippen molar-refractivity contribution in [1.82, 2.24) is 4.90 Å². The molecular weight excluding hydrogens is 344 g/mol. The minimum absolute atomic E-state index is 0.155. The van der Waals surface area contributed by atoms with Crippen molar-refractivity contribution in [2.45, 2.75) is 61.2 Å². The summed E-state index contributed by atoms with van der Waals surface area (Å²) in [6, 6.07) is -1.18. The summed E-state index contributed by atoms with van der Waals surface area (Å²) in [4.78, 5) is 4.96.